The van der Waals surface area contributed by atoms with Crippen molar-refractivity contribution in [3.63, 3.8) is 0 Å². The van der Waals surface area contributed by atoms with Crippen LogP contribution in [0.3, 0.4) is 0 Å². The van der Waals surface area contributed by atoms with Crippen LogP contribution < -0.4 is 14.8 Å². The third-order valence-electron chi connectivity index (χ3n) is 2.10. The molecule has 0 aliphatic carbocycles. The third kappa shape index (κ3) is 4.10. The molecule has 18 heavy (non-hydrogen) atoms. The van der Waals surface area contributed by atoms with Gasteiger partial charge in [0.15, 0.2) is 11.5 Å². The number of benzene rings is 1. The van der Waals surface area contributed by atoms with Crippen molar-refractivity contribution in [3.8, 4) is 11.5 Å². The molecule has 98 valence electrons. The number of aliphatic hydroxyl groups excluding tert-OH is 1. The average Bonchev–Trinajstić information content (AvgIpc) is 2.36. The minimum absolute atomic E-state index is 0.0850. The van der Waals surface area contributed by atoms with Crippen LogP contribution in [-0.2, 0) is 4.79 Å². The lowest BCUT2D eigenvalue weighted by Crippen LogP contribution is -2.08. The van der Waals surface area contributed by atoms with Crippen LogP contribution >= 0.6 is 0 Å². The Morgan fingerprint density at radius 1 is 1.44 bits per heavy atom. The van der Waals surface area contributed by atoms with Gasteiger partial charge < -0.3 is 19.9 Å². The van der Waals surface area contributed by atoms with Crippen molar-refractivity contribution >= 4 is 11.6 Å². The Balaban J connectivity index is 2.84. The molecule has 0 atom stereocenters. The zero-order valence-corrected chi connectivity index (χ0v) is 10.5. The number of hydrogen-bond donors (Lipinski definition) is 2. The first-order valence-electron chi connectivity index (χ1n) is 5.56. The Hall–Kier alpha value is -2.01. The van der Waals surface area contributed by atoms with E-state index in [1.807, 2.05) is 0 Å². The van der Waals surface area contributed by atoms with Gasteiger partial charge in [-0.15, -0.1) is 0 Å². The van der Waals surface area contributed by atoms with E-state index < -0.39 is 0 Å². The van der Waals surface area contributed by atoms with Gasteiger partial charge in [0.05, 0.1) is 13.7 Å². The molecule has 0 aliphatic heterocycles. The molecule has 0 unspecified atom stereocenters. The lowest BCUT2D eigenvalue weighted by atomic mass is 10.2. The first-order chi connectivity index (χ1) is 8.71. The van der Waals surface area contributed by atoms with Crippen molar-refractivity contribution in [1.82, 2.24) is 0 Å². The van der Waals surface area contributed by atoms with E-state index in [1.165, 1.54) is 13.2 Å². The Labute approximate surface area is 106 Å². The molecule has 5 heteroatoms. The van der Waals surface area contributed by atoms with E-state index in [0.29, 0.717) is 17.2 Å². The topological polar surface area (TPSA) is 67.8 Å². The SMILES string of the molecule is CC=CC(=O)Nc1ccc(OC)c(OCCO)c1. The van der Waals surface area contributed by atoms with Crippen LogP contribution in [0.4, 0.5) is 5.69 Å². The monoisotopic (exact) mass is 251 g/mol. The molecular weight excluding hydrogens is 234 g/mol. The van der Waals surface area contributed by atoms with Gasteiger partial charge in [0.2, 0.25) is 5.91 Å². The van der Waals surface area contributed by atoms with E-state index in [4.69, 9.17) is 14.6 Å². The molecule has 0 fully saturated rings. The smallest absolute Gasteiger partial charge is 0.248 e. The number of aliphatic hydroxyl groups is 1. The molecule has 0 saturated heterocycles. The molecule has 1 rings (SSSR count). The summed E-state index contributed by atoms with van der Waals surface area (Å²) in [6.45, 7) is 1.85. The van der Waals surface area contributed by atoms with Crippen LogP contribution in [0.5, 0.6) is 11.5 Å². The summed E-state index contributed by atoms with van der Waals surface area (Å²) in [6.07, 6.45) is 3.08. The van der Waals surface area contributed by atoms with Gasteiger partial charge >= 0.3 is 0 Å². The van der Waals surface area contributed by atoms with Gasteiger partial charge in [0.25, 0.3) is 0 Å². The maximum atomic E-state index is 11.4. The summed E-state index contributed by atoms with van der Waals surface area (Å²) >= 11 is 0. The van der Waals surface area contributed by atoms with Crippen LogP contribution in [0.15, 0.2) is 30.4 Å². The quantitative estimate of drug-likeness (QED) is 0.753. The summed E-state index contributed by atoms with van der Waals surface area (Å²) in [7, 11) is 1.53. The number of allylic oxidation sites excluding steroid dienone is 1. The fourth-order valence-corrected chi connectivity index (χ4v) is 1.36. The van der Waals surface area contributed by atoms with Crippen molar-refractivity contribution in [2.24, 2.45) is 0 Å². The van der Waals surface area contributed by atoms with Crippen molar-refractivity contribution in [3.05, 3.63) is 30.4 Å². The number of anilines is 1. The standard InChI is InChI=1S/C13H17NO4/c1-3-4-13(16)14-10-5-6-11(17-2)12(9-10)18-8-7-15/h3-6,9,15H,7-8H2,1-2H3,(H,14,16). The summed E-state index contributed by atoms with van der Waals surface area (Å²) in [4.78, 5) is 11.4. The van der Waals surface area contributed by atoms with E-state index in [9.17, 15) is 4.79 Å². The number of carbonyl (C=O) groups is 1. The maximum Gasteiger partial charge on any atom is 0.248 e. The second kappa shape index (κ2) is 7.34. The second-order valence-corrected chi connectivity index (χ2v) is 3.43. The highest BCUT2D eigenvalue weighted by Crippen LogP contribution is 2.30. The van der Waals surface area contributed by atoms with E-state index >= 15 is 0 Å². The number of rotatable bonds is 6. The highest BCUT2D eigenvalue weighted by atomic mass is 16.5. The highest BCUT2D eigenvalue weighted by molar-refractivity contribution is 5.99. The zero-order valence-electron chi connectivity index (χ0n) is 10.5. The molecule has 0 spiro atoms. The van der Waals surface area contributed by atoms with Crippen molar-refractivity contribution < 1.29 is 19.4 Å². The predicted octanol–water partition coefficient (Wildman–Crippen LogP) is 1.58. The number of hydrogen-bond acceptors (Lipinski definition) is 4. The minimum atomic E-state index is -0.212. The first-order valence-corrected chi connectivity index (χ1v) is 5.56. The molecule has 0 saturated carbocycles. The van der Waals surface area contributed by atoms with Gasteiger partial charge in [-0.1, -0.05) is 6.08 Å². The van der Waals surface area contributed by atoms with Crippen molar-refractivity contribution in [2.75, 3.05) is 25.6 Å². The summed E-state index contributed by atoms with van der Waals surface area (Å²) < 4.78 is 10.4. The summed E-state index contributed by atoms with van der Waals surface area (Å²) in [6, 6.07) is 5.06. The van der Waals surface area contributed by atoms with Gasteiger partial charge in [-0.25, -0.2) is 0 Å². The second-order valence-electron chi connectivity index (χ2n) is 3.43. The normalized spacial score (nSPS) is 10.4. The average molecular weight is 251 g/mol. The van der Waals surface area contributed by atoms with Crippen LogP contribution in [-0.4, -0.2) is 31.3 Å². The Morgan fingerprint density at radius 2 is 2.22 bits per heavy atom. The lowest BCUT2D eigenvalue weighted by molar-refractivity contribution is -0.111. The number of carbonyl (C=O) groups excluding carboxylic acids is 1. The van der Waals surface area contributed by atoms with Gasteiger partial charge in [0, 0.05) is 11.8 Å². The van der Waals surface area contributed by atoms with Gasteiger partial charge in [-0.3, -0.25) is 4.79 Å². The van der Waals surface area contributed by atoms with E-state index in [1.54, 1.807) is 31.2 Å². The number of ether oxygens (including phenoxy) is 2. The molecule has 1 amide bonds. The van der Waals surface area contributed by atoms with Crippen LogP contribution in [0.1, 0.15) is 6.92 Å². The summed E-state index contributed by atoms with van der Waals surface area (Å²) in [5.74, 6) is 0.813. The maximum absolute atomic E-state index is 11.4. The van der Waals surface area contributed by atoms with Crippen LogP contribution in [0, 0.1) is 0 Å². The highest BCUT2D eigenvalue weighted by Gasteiger charge is 2.06. The molecule has 1 aromatic carbocycles. The molecule has 0 radical (unpaired) electrons. The van der Waals surface area contributed by atoms with E-state index in [2.05, 4.69) is 5.32 Å². The van der Waals surface area contributed by atoms with Gasteiger partial charge in [0.1, 0.15) is 6.61 Å². The Bertz CT molecular complexity index is 429. The molecule has 2 N–H and O–H groups in total. The largest absolute Gasteiger partial charge is 0.493 e. The molecule has 0 heterocycles. The number of methoxy groups -OCH3 is 1. The fourth-order valence-electron chi connectivity index (χ4n) is 1.36. The minimum Gasteiger partial charge on any atom is -0.493 e. The van der Waals surface area contributed by atoms with Gasteiger partial charge in [-0.2, -0.15) is 0 Å². The zero-order chi connectivity index (χ0) is 13.4. The van der Waals surface area contributed by atoms with Crippen LogP contribution in [0.25, 0.3) is 0 Å². The molecule has 5 nitrogen and oxygen atoms in total. The first kappa shape index (κ1) is 14.1. The summed E-state index contributed by atoms with van der Waals surface area (Å²) in [5, 5.41) is 11.4. The van der Waals surface area contributed by atoms with E-state index in [-0.39, 0.29) is 19.1 Å². The van der Waals surface area contributed by atoms with Crippen LogP contribution in [0.2, 0.25) is 0 Å². The molecule has 0 aliphatic rings. The molecular formula is C13H17NO4. The molecule has 0 bridgehead atoms. The molecule has 1 aromatic rings. The van der Waals surface area contributed by atoms with Crippen molar-refractivity contribution in [1.29, 1.82) is 0 Å². The number of amides is 1. The number of nitrogens with one attached hydrogen (secondary N) is 1. The van der Waals surface area contributed by atoms with Gasteiger partial charge in [-0.05, 0) is 25.1 Å². The lowest BCUT2D eigenvalue weighted by Gasteiger charge is -2.11. The Kier molecular flexibility index (Phi) is 5.73. The fraction of sp³-hybridized carbons (Fsp3) is 0.308. The Morgan fingerprint density at radius 3 is 2.83 bits per heavy atom. The van der Waals surface area contributed by atoms with Crippen molar-refractivity contribution in [2.45, 2.75) is 6.92 Å². The predicted molar refractivity (Wildman–Crippen MR) is 69.0 cm³/mol. The van der Waals surface area contributed by atoms with E-state index in [0.717, 1.165) is 0 Å². The molecule has 0 aromatic heterocycles. The summed E-state index contributed by atoms with van der Waals surface area (Å²) in [5.41, 5.74) is 0.604. The third-order valence-corrected chi connectivity index (χ3v) is 2.10.